The summed E-state index contributed by atoms with van der Waals surface area (Å²) in [6.45, 7) is 10.8. The predicted octanol–water partition coefficient (Wildman–Crippen LogP) is 11.9. The van der Waals surface area contributed by atoms with E-state index in [0.717, 1.165) is 65.6 Å². The zero-order chi connectivity index (χ0) is 42.2. The van der Waals surface area contributed by atoms with Crippen molar-refractivity contribution in [2.75, 3.05) is 15.1 Å². The molecule has 2 saturated heterocycles. The number of carbonyl (C=O) groups excluding carboxylic acids is 1. The molecule has 11 heteroatoms. The van der Waals surface area contributed by atoms with Crippen molar-refractivity contribution in [2.45, 2.75) is 97.3 Å². The SMILES string of the molecule is CC(=O)Nc1cc(-c2cnn3cc(-c4ccc(N5[C@H](C)CCC[C@@H]5C)cc4)cnc23)c2ccccc2c1.C[C@@H]1CCC[C@H](C)N1c1ccc(-c2cnc3c(Br)cnn3c2)cc1. The van der Waals surface area contributed by atoms with E-state index < -0.39 is 0 Å². The fourth-order valence-corrected chi connectivity index (χ4v) is 9.91. The number of rotatable bonds is 6. The van der Waals surface area contributed by atoms with Crippen molar-refractivity contribution < 1.29 is 4.79 Å². The second kappa shape index (κ2) is 17.1. The van der Waals surface area contributed by atoms with Crippen LogP contribution in [-0.2, 0) is 4.79 Å². The van der Waals surface area contributed by atoms with Crippen LogP contribution in [0.3, 0.4) is 0 Å². The molecule has 1 N–H and O–H groups in total. The van der Waals surface area contributed by atoms with Crippen LogP contribution in [0.15, 0.2) is 127 Å². The maximum atomic E-state index is 11.7. The Balaban J connectivity index is 0.000000171. The van der Waals surface area contributed by atoms with Gasteiger partial charge in [-0.1, -0.05) is 48.5 Å². The van der Waals surface area contributed by atoms with Crippen LogP contribution in [0.2, 0.25) is 0 Å². The van der Waals surface area contributed by atoms with E-state index in [-0.39, 0.29) is 5.91 Å². The van der Waals surface area contributed by atoms with Crippen LogP contribution in [0.25, 0.3) is 55.4 Å². The normalized spacial score (nSPS) is 19.2. The lowest BCUT2D eigenvalue weighted by molar-refractivity contribution is -0.114. The molecule has 1 amide bonds. The number of nitrogens with one attached hydrogen (secondary N) is 1. The lowest BCUT2D eigenvalue weighted by Crippen LogP contribution is -2.43. The molecule has 4 aromatic carbocycles. The van der Waals surface area contributed by atoms with Crippen LogP contribution in [0, 0.1) is 0 Å². The number of anilines is 3. The summed E-state index contributed by atoms with van der Waals surface area (Å²) in [5.41, 5.74) is 11.3. The minimum Gasteiger partial charge on any atom is -0.366 e. The van der Waals surface area contributed by atoms with Crippen LogP contribution in [-0.4, -0.2) is 59.3 Å². The van der Waals surface area contributed by atoms with Crippen LogP contribution in [0.4, 0.5) is 17.1 Å². The molecule has 2 fully saturated rings. The smallest absolute Gasteiger partial charge is 0.221 e. The average Bonchev–Trinajstić information content (AvgIpc) is 3.86. The molecule has 10 nitrogen and oxygen atoms in total. The number of fused-ring (bicyclic) bond motifs is 3. The summed E-state index contributed by atoms with van der Waals surface area (Å²) in [4.78, 5) is 26.2. The van der Waals surface area contributed by atoms with Gasteiger partial charge in [0.15, 0.2) is 11.3 Å². The Kier molecular flexibility index (Phi) is 11.3. The standard InChI is InChI=1S/C31H31N5O.C19H21BrN4/c1-20-7-6-8-21(2)36(20)27-13-11-23(12-14-27)25-17-32-31-30(18-33-35(31)19-25)29-16-26(34-22(3)37)15-24-9-4-5-10-28(24)29;1-13-4-3-5-14(2)24(13)17-8-6-15(7-9-17)16-10-21-19-18(20)11-22-23(19)12-16/h4-5,9-21H,6-8H2,1-3H3,(H,34,37);6-14H,3-5H2,1-2H3/t20-,21+;13-,14+. The molecule has 4 atom stereocenters. The molecule has 4 aromatic heterocycles. The zero-order valence-electron chi connectivity index (χ0n) is 35.5. The molecular formula is C50H52BrN9O. The monoisotopic (exact) mass is 873 g/mol. The molecule has 8 aromatic rings. The molecule has 0 aliphatic carbocycles. The summed E-state index contributed by atoms with van der Waals surface area (Å²) in [6.07, 6.45) is 19.2. The number of carbonyl (C=O) groups is 1. The molecule has 0 unspecified atom stereocenters. The Labute approximate surface area is 365 Å². The Morgan fingerprint density at radius 1 is 0.607 bits per heavy atom. The molecular weight excluding hydrogens is 823 g/mol. The number of halogens is 1. The topological polar surface area (TPSA) is 96.0 Å². The fraction of sp³-hybridized carbons (Fsp3) is 0.300. The minimum atomic E-state index is -0.0981. The summed E-state index contributed by atoms with van der Waals surface area (Å²) < 4.78 is 4.56. The molecule has 6 heterocycles. The van der Waals surface area contributed by atoms with E-state index in [0.29, 0.717) is 24.2 Å². The highest BCUT2D eigenvalue weighted by molar-refractivity contribution is 9.10. The summed E-state index contributed by atoms with van der Waals surface area (Å²) >= 11 is 3.46. The molecule has 0 spiro atoms. The van der Waals surface area contributed by atoms with Gasteiger partial charge in [0, 0.05) is 89.6 Å². The highest BCUT2D eigenvalue weighted by atomic mass is 79.9. The summed E-state index contributed by atoms with van der Waals surface area (Å²) in [5, 5.41) is 14.0. The van der Waals surface area contributed by atoms with E-state index >= 15 is 0 Å². The van der Waals surface area contributed by atoms with Crippen LogP contribution in [0.1, 0.15) is 73.1 Å². The number of amides is 1. The number of aromatic nitrogens is 6. The molecule has 0 saturated carbocycles. The number of benzene rings is 4. The number of piperidine rings is 2. The van der Waals surface area contributed by atoms with Crippen molar-refractivity contribution in [1.82, 2.24) is 29.2 Å². The Morgan fingerprint density at radius 3 is 1.67 bits per heavy atom. The number of hydrogen-bond acceptors (Lipinski definition) is 7. The molecule has 0 bridgehead atoms. The molecule has 2 aliphatic heterocycles. The third kappa shape index (κ3) is 8.23. The maximum absolute atomic E-state index is 11.7. The molecule has 310 valence electrons. The first-order chi connectivity index (χ1) is 29.6. The summed E-state index contributed by atoms with van der Waals surface area (Å²) in [5.74, 6) is -0.0981. The third-order valence-corrected chi connectivity index (χ3v) is 13.1. The van der Waals surface area contributed by atoms with E-state index in [9.17, 15) is 4.79 Å². The highest BCUT2D eigenvalue weighted by Gasteiger charge is 2.26. The summed E-state index contributed by atoms with van der Waals surface area (Å²) in [6, 6.07) is 32.2. The largest absolute Gasteiger partial charge is 0.366 e. The fourth-order valence-electron chi connectivity index (χ4n) is 9.53. The first-order valence-corrected chi connectivity index (χ1v) is 22.3. The maximum Gasteiger partial charge on any atom is 0.221 e. The van der Waals surface area contributed by atoms with Gasteiger partial charge in [-0.2, -0.15) is 10.2 Å². The van der Waals surface area contributed by atoms with Gasteiger partial charge in [0.25, 0.3) is 0 Å². The lowest BCUT2D eigenvalue weighted by Gasteiger charge is -2.41. The van der Waals surface area contributed by atoms with Gasteiger partial charge in [-0.25, -0.2) is 19.0 Å². The van der Waals surface area contributed by atoms with Gasteiger partial charge in [-0.3, -0.25) is 4.79 Å². The highest BCUT2D eigenvalue weighted by Crippen LogP contribution is 2.36. The quantitative estimate of drug-likeness (QED) is 0.178. The van der Waals surface area contributed by atoms with Crippen molar-refractivity contribution in [3.63, 3.8) is 0 Å². The first-order valence-electron chi connectivity index (χ1n) is 21.5. The van der Waals surface area contributed by atoms with Gasteiger partial charge >= 0.3 is 0 Å². The van der Waals surface area contributed by atoms with Gasteiger partial charge in [0.2, 0.25) is 5.91 Å². The van der Waals surface area contributed by atoms with Gasteiger partial charge in [-0.15, -0.1) is 0 Å². The van der Waals surface area contributed by atoms with Crippen LogP contribution < -0.4 is 15.1 Å². The molecule has 10 rings (SSSR count). The lowest BCUT2D eigenvalue weighted by atomic mass is 9.96. The van der Waals surface area contributed by atoms with Gasteiger partial charge in [0.05, 0.1) is 16.9 Å². The van der Waals surface area contributed by atoms with E-state index in [2.05, 4.69) is 135 Å². The van der Waals surface area contributed by atoms with Crippen LogP contribution in [0.5, 0.6) is 0 Å². The Bertz CT molecular complexity index is 2810. The molecule has 61 heavy (non-hydrogen) atoms. The average molecular weight is 875 g/mol. The Hall–Kier alpha value is -6.07. The van der Waals surface area contributed by atoms with Crippen molar-refractivity contribution in [3.8, 4) is 33.4 Å². The zero-order valence-corrected chi connectivity index (χ0v) is 37.0. The van der Waals surface area contributed by atoms with Gasteiger partial charge in [-0.05, 0) is 146 Å². The van der Waals surface area contributed by atoms with Gasteiger partial charge in [0.1, 0.15) is 0 Å². The minimum absolute atomic E-state index is 0.0981. The van der Waals surface area contributed by atoms with Crippen molar-refractivity contribution >= 4 is 61.0 Å². The molecule has 0 radical (unpaired) electrons. The Morgan fingerprint density at radius 2 is 1.11 bits per heavy atom. The number of hydrogen-bond donors (Lipinski definition) is 1. The predicted molar refractivity (Wildman–Crippen MR) is 252 cm³/mol. The number of nitrogens with zero attached hydrogens (tertiary/aromatic N) is 8. The first kappa shape index (κ1) is 40.3. The van der Waals surface area contributed by atoms with E-state index in [1.165, 1.54) is 56.8 Å². The third-order valence-electron chi connectivity index (χ3n) is 12.5. The van der Waals surface area contributed by atoms with E-state index in [1.807, 2.05) is 64.3 Å². The van der Waals surface area contributed by atoms with Crippen LogP contribution >= 0.6 is 15.9 Å². The van der Waals surface area contributed by atoms with Gasteiger partial charge < -0.3 is 15.1 Å². The second-order valence-electron chi connectivity index (χ2n) is 16.9. The van der Waals surface area contributed by atoms with Crippen molar-refractivity contribution in [2.24, 2.45) is 0 Å². The summed E-state index contributed by atoms with van der Waals surface area (Å²) in [7, 11) is 0. The van der Waals surface area contributed by atoms with E-state index in [1.54, 1.807) is 6.20 Å². The second-order valence-corrected chi connectivity index (χ2v) is 17.7. The van der Waals surface area contributed by atoms with E-state index in [4.69, 9.17) is 4.98 Å². The van der Waals surface area contributed by atoms with Crippen molar-refractivity contribution in [3.05, 3.63) is 127 Å². The van der Waals surface area contributed by atoms with Crippen molar-refractivity contribution in [1.29, 1.82) is 0 Å². The molecule has 2 aliphatic rings.